The lowest BCUT2D eigenvalue weighted by Gasteiger charge is -2.38. The third-order valence-corrected chi connectivity index (χ3v) is 3.91. The predicted octanol–water partition coefficient (Wildman–Crippen LogP) is 1.62. The van der Waals surface area contributed by atoms with Crippen LogP contribution in [-0.2, 0) is 6.61 Å². The van der Waals surface area contributed by atoms with Gasteiger partial charge >= 0.3 is 0 Å². The first kappa shape index (κ1) is 14.7. The van der Waals surface area contributed by atoms with Crippen molar-refractivity contribution < 1.29 is 10.0 Å². The minimum Gasteiger partial charge on any atom is -0.392 e. The third-order valence-electron chi connectivity index (χ3n) is 3.91. The van der Waals surface area contributed by atoms with Crippen molar-refractivity contribution >= 4 is 11.4 Å². The number of nitro groups is 1. The van der Waals surface area contributed by atoms with Gasteiger partial charge in [0.15, 0.2) is 0 Å². The molecule has 1 saturated heterocycles. The van der Waals surface area contributed by atoms with E-state index >= 15 is 0 Å². The standard InChI is InChI=1S/C14H21N3O3/c1-15(2)13-4-3-7-16(9-13)14-6-5-12(17(19)20)8-11(14)10-18/h5-6,8,13,18H,3-4,7,9-10H2,1-2H3. The van der Waals surface area contributed by atoms with Crippen LogP contribution in [0.5, 0.6) is 0 Å². The fourth-order valence-electron chi connectivity index (χ4n) is 2.72. The van der Waals surface area contributed by atoms with Crippen molar-refractivity contribution in [1.82, 2.24) is 4.90 Å². The molecule has 0 aliphatic carbocycles. The lowest BCUT2D eigenvalue weighted by Crippen LogP contribution is -2.45. The maximum absolute atomic E-state index is 10.8. The minimum atomic E-state index is -0.429. The highest BCUT2D eigenvalue weighted by Gasteiger charge is 2.23. The molecule has 1 aliphatic heterocycles. The quantitative estimate of drug-likeness (QED) is 0.670. The zero-order valence-corrected chi connectivity index (χ0v) is 12.0. The van der Waals surface area contributed by atoms with Gasteiger partial charge in [-0.15, -0.1) is 0 Å². The Morgan fingerprint density at radius 2 is 2.25 bits per heavy atom. The van der Waals surface area contributed by atoms with E-state index in [1.165, 1.54) is 12.1 Å². The van der Waals surface area contributed by atoms with Gasteiger partial charge in [-0.25, -0.2) is 0 Å². The molecule has 1 aliphatic rings. The Labute approximate surface area is 118 Å². The molecule has 0 aromatic heterocycles. The van der Waals surface area contributed by atoms with Crippen molar-refractivity contribution in [2.24, 2.45) is 0 Å². The van der Waals surface area contributed by atoms with E-state index in [1.54, 1.807) is 6.07 Å². The van der Waals surface area contributed by atoms with Crippen molar-refractivity contribution in [3.8, 4) is 0 Å². The van der Waals surface area contributed by atoms with Gasteiger partial charge in [-0.1, -0.05) is 0 Å². The molecule has 2 rings (SSSR count). The Morgan fingerprint density at radius 3 is 2.85 bits per heavy atom. The number of benzene rings is 1. The molecule has 1 N–H and O–H groups in total. The SMILES string of the molecule is CN(C)C1CCCN(c2ccc([N+](=O)[O-])cc2CO)C1. The number of rotatable bonds is 4. The number of anilines is 1. The maximum Gasteiger partial charge on any atom is 0.269 e. The second-order valence-corrected chi connectivity index (χ2v) is 5.43. The topological polar surface area (TPSA) is 69.9 Å². The molecular formula is C14H21N3O3. The van der Waals surface area contributed by atoms with Gasteiger partial charge in [0.25, 0.3) is 5.69 Å². The summed E-state index contributed by atoms with van der Waals surface area (Å²) < 4.78 is 0. The van der Waals surface area contributed by atoms with E-state index in [2.05, 4.69) is 23.9 Å². The number of hydrogen-bond donors (Lipinski definition) is 1. The van der Waals surface area contributed by atoms with Gasteiger partial charge in [-0.2, -0.15) is 0 Å². The first-order valence-corrected chi connectivity index (χ1v) is 6.82. The van der Waals surface area contributed by atoms with Crippen LogP contribution in [0.4, 0.5) is 11.4 Å². The zero-order valence-electron chi connectivity index (χ0n) is 12.0. The van der Waals surface area contributed by atoms with Gasteiger partial charge in [-0.05, 0) is 33.0 Å². The average molecular weight is 279 g/mol. The molecule has 6 heteroatoms. The summed E-state index contributed by atoms with van der Waals surface area (Å²) in [5.74, 6) is 0. The Balaban J connectivity index is 2.25. The lowest BCUT2D eigenvalue weighted by atomic mass is 10.0. The molecule has 20 heavy (non-hydrogen) atoms. The van der Waals surface area contributed by atoms with E-state index < -0.39 is 4.92 Å². The van der Waals surface area contributed by atoms with E-state index in [9.17, 15) is 15.2 Å². The smallest absolute Gasteiger partial charge is 0.269 e. The molecule has 1 aromatic rings. The molecule has 1 heterocycles. The fourth-order valence-corrected chi connectivity index (χ4v) is 2.72. The van der Waals surface area contributed by atoms with Crippen molar-refractivity contribution in [2.45, 2.75) is 25.5 Å². The fraction of sp³-hybridized carbons (Fsp3) is 0.571. The van der Waals surface area contributed by atoms with Crippen LogP contribution in [0.15, 0.2) is 18.2 Å². The molecule has 1 unspecified atom stereocenters. The van der Waals surface area contributed by atoms with E-state index in [1.807, 2.05) is 0 Å². The third kappa shape index (κ3) is 3.08. The highest BCUT2D eigenvalue weighted by atomic mass is 16.6. The summed E-state index contributed by atoms with van der Waals surface area (Å²) in [6.45, 7) is 1.63. The molecule has 110 valence electrons. The van der Waals surface area contributed by atoms with Crippen LogP contribution in [0.25, 0.3) is 0 Å². The van der Waals surface area contributed by atoms with Gasteiger partial charge in [-0.3, -0.25) is 10.1 Å². The van der Waals surface area contributed by atoms with E-state index in [4.69, 9.17) is 0 Å². The Hall–Kier alpha value is -1.66. The van der Waals surface area contributed by atoms with Crippen molar-refractivity contribution in [3.05, 3.63) is 33.9 Å². The molecule has 1 fully saturated rings. The number of hydrogen-bond acceptors (Lipinski definition) is 5. The summed E-state index contributed by atoms with van der Waals surface area (Å²) in [6.07, 6.45) is 2.25. The molecule has 0 amide bonds. The highest BCUT2D eigenvalue weighted by molar-refractivity contribution is 5.58. The van der Waals surface area contributed by atoms with Gasteiger partial charge in [0.05, 0.1) is 11.5 Å². The summed E-state index contributed by atoms with van der Waals surface area (Å²) >= 11 is 0. The van der Waals surface area contributed by atoms with Crippen LogP contribution >= 0.6 is 0 Å². The minimum absolute atomic E-state index is 0.0268. The van der Waals surface area contributed by atoms with Crippen LogP contribution in [0.2, 0.25) is 0 Å². The summed E-state index contributed by atoms with van der Waals surface area (Å²) in [6, 6.07) is 5.20. The molecular weight excluding hydrogens is 258 g/mol. The molecule has 6 nitrogen and oxygen atoms in total. The summed E-state index contributed by atoms with van der Waals surface area (Å²) in [7, 11) is 4.13. The molecule has 0 saturated carbocycles. The summed E-state index contributed by atoms with van der Waals surface area (Å²) in [5, 5.41) is 20.3. The number of nitrogens with zero attached hydrogens (tertiary/aromatic N) is 3. The number of aliphatic hydroxyl groups excluding tert-OH is 1. The Kier molecular flexibility index (Phi) is 4.57. The lowest BCUT2D eigenvalue weighted by molar-refractivity contribution is -0.384. The van der Waals surface area contributed by atoms with E-state index in [0.717, 1.165) is 31.6 Å². The van der Waals surface area contributed by atoms with Crippen molar-refractivity contribution in [2.75, 3.05) is 32.1 Å². The monoisotopic (exact) mass is 279 g/mol. The number of aliphatic hydroxyl groups is 1. The van der Waals surface area contributed by atoms with Crippen molar-refractivity contribution in [1.29, 1.82) is 0 Å². The first-order chi connectivity index (χ1) is 9.52. The second kappa shape index (κ2) is 6.19. The number of non-ortho nitro benzene ring substituents is 1. The molecule has 1 atom stereocenters. The van der Waals surface area contributed by atoms with Gasteiger partial charge in [0.1, 0.15) is 0 Å². The average Bonchev–Trinajstić information content (AvgIpc) is 2.46. The van der Waals surface area contributed by atoms with Crippen LogP contribution < -0.4 is 4.90 Å². The molecule has 0 bridgehead atoms. The van der Waals surface area contributed by atoms with Gasteiger partial charge in [0.2, 0.25) is 0 Å². The predicted molar refractivity (Wildman–Crippen MR) is 77.9 cm³/mol. The normalized spacial score (nSPS) is 19.4. The van der Waals surface area contributed by atoms with E-state index in [-0.39, 0.29) is 12.3 Å². The first-order valence-electron chi connectivity index (χ1n) is 6.82. The second-order valence-electron chi connectivity index (χ2n) is 5.43. The van der Waals surface area contributed by atoms with E-state index in [0.29, 0.717) is 11.6 Å². The highest BCUT2D eigenvalue weighted by Crippen LogP contribution is 2.28. The summed E-state index contributed by atoms with van der Waals surface area (Å²) in [4.78, 5) is 14.8. The number of piperidine rings is 1. The maximum atomic E-state index is 10.8. The van der Waals surface area contributed by atoms with Crippen LogP contribution in [0, 0.1) is 10.1 Å². The zero-order chi connectivity index (χ0) is 14.7. The Morgan fingerprint density at radius 1 is 1.50 bits per heavy atom. The molecule has 0 radical (unpaired) electrons. The largest absolute Gasteiger partial charge is 0.392 e. The Bertz CT molecular complexity index is 491. The summed E-state index contributed by atoms with van der Waals surface area (Å²) in [5.41, 5.74) is 1.56. The van der Waals surface area contributed by atoms with Crippen LogP contribution in [-0.4, -0.2) is 48.2 Å². The van der Waals surface area contributed by atoms with Gasteiger partial charge in [0, 0.05) is 42.5 Å². The number of nitro benzene ring substituents is 1. The number of likely N-dealkylation sites (N-methyl/N-ethyl adjacent to an activating group) is 1. The van der Waals surface area contributed by atoms with Gasteiger partial charge < -0.3 is 14.9 Å². The molecule has 0 spiro atoms. The van der Waals surface area contributed by atoms with Crippen LogP contribution in [0.1, 0.15) is 18.4 Å². The van der Waals surface area contributed by atoms with Crippen molar-refractivity contribution in [3.63, 3.8) is 0 Å². The molecule has 1 aromatic carbocycles. The van der Waals surface area contributed by atoms with Crippen LogP contribution in [0.3, 0.4) is 0 Å².